The summed E-state index contributed by atoms with van der Waals surface area (Å²) >= 11 is 0. The molecule has 2 aliphatic heterocycles. The summed E-state index contributed by atoms with van der Waals surface area (Å²) in [7, 11) is 0. The molecule has 5 heteroatoms. The molecule has 0 bridgehead atoms. The van der Waals surface area contributed by atoms with Crippen LogP contribution in [0.4, 0.5) is 0 Å². The number of nitriles is 2. The van der Waals surface area contributed by atoms with Crippen LogP contribution in [0.3, 0.4) is 0 Å². The highest BCUT2D eigenvalue weighted by Crippen LogP contribution is 2.57. The van der Waals surface area contributed by atoms with Crippen LogP contribution < -0.4 is 0 Å². The van der Waals surface area contributed by atoms with Crippen molar-refractivity contribution in [3.05, 3.63) is 35.4 Å². The lowest BCUT2D eigenvalue weighted by molar-refractivity contribution is -0.121. The van der Waals surface area contributed by atoms with Crippen molar-refractivity contribution >= 4 is 12.0 Å². The van der Waals surface area contributed by atoms with Gasteiger partial charge in [0.25, 0.3) is 0 Å². The second kappa shape index (κ2) is 3.93. The number of Topliss-reactive ketones (excluding diaryl/α,β-unsaturated/α-hetero) is 1. The molecular weight excluding hydrogens is 264 g/mol. The van der Waals surface area contributed by atoms with E-state index in [0.29, 0.717) is 12.8 Å². The standard InChI is InChI=1S/C16H12N4O/c17-8-16(9-18)12-5-6-13(21)14(12)15-11-4-2-1-3-10(11)7-19-20(15)16/h1-4,7,12,14-15H,5-6H2/t12?,14-,15+/m1/s1. The van der Waals surface area contributed by atoms with Crippen LogP contribution in [-0.2, 0) is 4.79 Å². The number of hydrogen-bond donors (Lipinski definition) is 0. The van der Waals surface area contributed by atoms with Crippen molar-refractivity contribution in [2.75, 3.05) is 0 Å². The zero-order valence-corrected chi connectivity index (χ0v) is 11.2. The fourth-order valence-electron chi connectivity index (χ4n) is 4.08. The zero-order valence-electron chi connectivity index (χ0n) is 11.2. The van der Waals surface area contributed by atoms with E-state index in [2.05, 4.69) is 17.2 Å². The van der Waals surface area contributed by atoms with Gasteiger partial charge in [0.15, 0.2) is 0 Å². The highest BCUT2D eigenvalue weighted by atomic mass is 16.1. The molecule has 1 aliphatic carbocycles. The van der Waals surface area contributed by atoms with Gasteiger partial charge in [-0.05, 0) is 17.5 Å². The van der Waals surface area contributed by atoms with E-state index in [1.165, 1.54) is 0 Å². The van der Waals surface area contributed by atoms with Gasteiger partial charge in [-0.25, -0.2) is 0 Å². The summed E-state index contributed by atoms with van der Waals surface area (Å²) in [5.74, 6) is -0.412. The molecule has 1 aromatic carbocycles. The molecule has 0 amide bonds. The number of rotatable bonds is 0. The van der Waals surface area contributed by atoms with Gasteiger partial charge in [-0.15, -0.1) is 0 Å². The second-order valence-electron chi connectivity index (χ2n) is 5.79. The molecule has 2 heterocycles. The fourth-order valence-corrected chi connectivity index (χ4v) is 4.08. The van der Waals surface area contributed by atoms with Crippen molar-refractivity contribution in [1.82, 2.24) is 5.01 Å². The molecule has 0 N–H and O–H groups in total. The maximum atomic E-state index is 12.3. The summed E-state index contributed by atoms with van der Waals surface area (Å²) in [5.41, 5.74) is 0.625. The number of ketones is 1. The minimum absolute atomic E-state index is 0.147. The Balaban J connectivity index is 1.97. The minimum atomic E-state index is -1.33. The molecule has 2 fully saturated rings. The highest BCUT2D eigenvalue weighted by molar-refractivity contribution is 5.88. The first kappa shape index (κ1) is 12.1. The molecule has 102 valence electrons. The van der Waals surface area contributed by atoms with E-state index in [0.717, 1.165) is 11.1 Å². The lowest BCUT2D eigenvalue weighted by Gasteiger charge is -2.34. The summed E-state index contributed by atoms with van der Waals surface area (Å²) in [6.45, 7) is 0. The summed E-state index contributed by atoms with van der Waals surface area (Å²) in [5, 5.41) is 25.2. The Hall–Kier alpha value is -2.66. The summed E-state index contributed by atoms with van der Waals surface area (Å²) in [6.07, 6.45) is 2.73. The third-order valence-corrected chi connectivity index (χ3v) is 4.99. The van der Waals surface area contributed by atoms with Crippen LogP contribution in [0.5, 0.6) is 0 Å². The van der Waals surface area contributed by atoms with E-state index in [1.807, 2.05) is 24.3 Å². The van der Waals surface area contributed by atoms with Gasteiger partial charge in [0.2, 0.25) is 5.54 Å². The van der Waals surface area contributed by atoms with E-state index >= 15 is 0 Å². The normalized spacial score (nSPS) is 31.0. The number of carbonyl (C=O) groups excluding carboxylic acids is 1. The molecule has 1 saturated carbocycles. The van der Waals surface area contributed by atoms with Crippen LogP contribution in [0.1, 0.15) is 30.0 Å². The number of benzene rings is 1. The van der Waals surface area contributed by atoms with Gasteiger partial charge in [-0.1, -0.05) is 24.3 Å². The maximum Gasteiger partial charge on any atom is 0.233 e. The van der Waals surface area contributed by atoms with Crippen molar-refractivity contribution in [3.63, 3.8) is 0 Å². The summed E-state index contributed by atoms with van der Waals surface area (Å²) < 4.78 is 0. The van der Waals surface area contributed by atoms with Crippen LogP contribution in [0.15, 0.2) is 29.4 Å². The molecule has 3 aliphatic rings. The highest BCUT2D eigenvalue weighted by Gasteiger charge is 2.65. The molecular formula is C16H12N4O. The van der Waals surface area contributed by atoms with Crippen molar-refractivity contribution in [2.24, 2.45) is 16.9 Å². The van der Waals surface area contributed by atoms with E-state index in [4.69, 9.17) is 0 Å². The second-order valence-corrected chi connectivity index (χ2v) is 5.79. The number of hydrogen-bond acceptors (Lipinski definition) is 5. The number of carbonyl (C=O) groups is 1. The Morgan fingerprint density at radius 3 is 2.81 bits per heavy atom. The van der Waals surface area contributed by atoms with Gasteiger partial charge in [-0.2, -0.15) is 15.6 Å². The quantitative estimate of drug-likeness (QED) is 0.723. The Kier molecular flexibility index (Phi) is 2.26. The minimum Gasteiger partial charge on any atom is -0.299 e. The average molecular weight is 276 g/mol. The molecule has 4 rings (SSSR count). The molecule has 5 nitrogen and oxygen atoms in total. The molecule has 1 saturated heterocycles. The molecule has 21 heavy (non-hydrogen) atoms. The first-order valence-electron chi connectivity index (χ1n) is 7.00. The lowest BCUT2D eigenvalue weighted by Crippen LogP contribution is -2.44. The van der Waals surface area contributed by atoms with Crippen molar-refractivity contribution < 1.29 is 4.79 Å². The van der Waals surface area contributed by atoms with Crippen molar-refractivity contribution in [3.8, 4) is 12.1 Å². The van der Waals surface area contributed by atoms with Crippen LogP contribution in [0.2, 0.25) is 0 Å². The van der Waals surface area contributed by atoms with Crippen LogP contribution in [0, 0.1) is 34.5 Å². The first-order valence-corrected chi connectivity index (χ1v) is 7.00. The van der Waals surface area contributed by atoms with E-state index in [-0.39, 0.29) is 23.7 Å². The Labute approximate surface area is 122 Å². The summed E-state index contributed by atoms with van der Waals surface area (Å²) in [4.78, 5) is 12.3. The SMILES string of the molecule is N#CC1(C#N)C2CCC(=O)[C@@H]2[C@@H]2c3ccccc3C=NN21. The van der Waals surface area contributed by atoms with E-state index < -0.39 is 5.54 Å². The monoisotopic (exact) mass is 276 g/mol. The van der Waals surface area contributed by atoms with Crippen molar-refractivity contribution in [1.29, 1.82) is 10.5 Å². The van der Waals surface area contributed by atoms with Crippen molar-refractivity contribution in [2.45, 2.75) is 24.4 Å². The van der Waals surface area contributed by atoms with Gasteiger partial charge in [0, 0.05) is 12.3 Å². The molecule has 0 spiro atoms. The van der Waals surface area contributed by atoms with Gasteiger partial charge in [0.1, 0.15) is 17.9 Å². The average Bonchev–Trinajstić information content (AvgIpc) is 3.04. The fraction of sp³-hybridized carbons (Fsp3) is 0.375. The maximum absolute atomic E-state index is 12.3. The molecule has 1 unspecified atom stereocenters. The van der Waals surface area contributed by atoms with Gasteiger partial charge in [0.05, 0.1) is 18.2 Å². The molecule has 0 radical (unpaired) electrons. The van der Waals surface area contributed by atoms with Crippen LogP contribution in [-0.4, -0.2) is 22.5 Å². The van der Waals surface area contributed by atoms with Gasteiger partial charge >= 0.3 is 0 Å². The number of nitrogens with zero attached hydrogens (tertiary/aromatic N) is 4. The van der Waals surface area contributed by atoms with E-state index in [1.54, 1.807) is 11.2 Å². The largest absolute Gasteiger partial charge is 0.299 e. The zero-order chi connectivity index (χ0) is 14.6. The predicted molar refractivity (Wildman–Crippen MR) is 73.8 cm³/mol. The molecule has 3 atom stereocenters. The first-order chi connectivity index (χ1) is 10.2. The molecule has 1 aromatic rings. The summed E-state index contributed by atoms with van der Waals surface area (Å²) in [6, 6.07) is 11.8. The predicted octanol–water partition coefficient (Wildman–Crippen LogP) is 1.77. The van der Waals surface area contributed by atoms with Crippen LogP contribution in [0.25, 0.3) is 0 Å². The smallest absolute Gasteiger partial charge is 0.233 e. The third kappa shape index (κ3) is 1.29. The van der Waals surface area contributed by atoms with Gasteiger partial charge in [-0.3, -0.25) is 9.80 Å². The van der Waals surface area contributed by atoms with E-state index in [9.17, 15) is 15.3 Å². The Bertz CT molecular complexity index is 740. The topological polar surface area (TPSA) is 80.2 Å². The number of fused-ring (bicyclic) bond motifs is 5. The van der Waals surface area contributed by atoms with Crippen LogP contribution >= 0.6 is 0 Å². The molecule has 0 aromatic heterocycles. The Morgan fingerprint density at radius 2 is 2.05 bits per heavy atom. The number of hydrazone groups is 1. The third-order valence-electron chi connectivity index (χ3n) is 4.99. The lowest BCUT2D eigenvalue weighted by atomic mass is 9.81. The Morgan fingerprint density at radius 1 is 1.29 bits per heavy atom. The van der Waals surface area contributed by atoms with Gasteiger partial charge < -0.3 is 0 Å².